The minimum absolute atomic E-state index is 0. The number of anilines is 2. The first kappa shape index (κ1) is 31.0. The normalized spacial score (nSPS) is 13.8. The molecule has 0 saturated heterocycles. The van der Waals surface area contributed by atoms with Gasteiger partial charge in [0.15, 0.2) is 0 Å². The third-order valence-corrected chi connectivity index (χ3v) is 7.39. The van der Waals surface area contributed by atoms with Crippen molar-refractivity contribution < 1.29 is 20.1 Å². The van der Waals surface area contributed by atoms with Gasteiger partial charge in [-0.25, -0.2) is 4.98 Å². The zero-order chi connectivity index (χ0) is 29.4. The minimum atomic E-state index is 0. The summed E-state index contributed by atoms with van der Waals surface area (Å²) in [5.41, 5.74) is 7.08. The standard InChI is InChI=1S/C22H22N4.C14H12N3.Ir/c1-3-9-21(10-4-1)25-17-15-23(19-25)13-7-8-14-24-16-18-26(20-24)22-11-5-2-6-12-22;1-10-11(2)17-9-8-15-13(14(17)16-10)12-6-4-3-5-7-12;/h1-6,9,11,15-20H,7-8,13-14H2;3-6,8-9H,1-2H3;/q-4;-1;. The van der Waals surface area contributed by atoms with E-state index in [4.69, 9.17) is 0 Å². The van der Waals surface area contributed by atoms with Gasteiger partial charge in [-0.15, -0.1) is 47.3 Å². The Hall–Kier alpha value is -4.39. The van der Waals surface area contributed by atoms with E-state index in [1.807, 2.05) is 73.8 Å². The Balaban J connectivity index is 0.000000185. The summed E-state index contributed by atoms with van der Waals surface area (Å²) in [6.07, 6.45) is 14.4. The number of fused-ring (bicyclic) bond motifs is 1. The van der Waals surface area contributed by atoms with Crippen molar-refractivity contribution >= 4 is 17.0 Å². The van der Waals surface area contributed by atoms with Gasteiger partial charge in [-0.05, 0) is 64.6 Å². The molecule has 2 aliphatic rings. The molecule has 2 aliphatic heterocycles. The van der Waals surface area contributed by atoms with Gasteiger partial charge >= 0.3 is 0 Å². The molecule has 0 saturated carbocycles. The third-order valence-electron chi connectivity index (χ3n) is 7.39. The Morgan fingerprint density at radius 2 is 1.27 bits per heavy atom. The van der Waals surface area contributed by atoms with Crippen LogP contribution in [0, 0.1) is 45.4 Å². The Kier molecular flexibility index (Phi) is 10.5. The molecule has 227 valence electrons. The molecule has 0 fully saturated rings. The van der Waals surface area contributed by atoms with Gasteiger partial charge in [-0.3, -0.25) is 4.98 Å². The largest absolute Gasteiger partial charge is 0.508 e. The molecule has 2 aromatic heterocycles. The number of nitrogens with zero attached hydrogens (tertiary/aromatic N) is 7. The van der Waals surface area contributed by atoms with Gasteiger partial charge in [0, 0.05) is 43.9 Å². The number of rotatable bonds is 8. The second-order valence-electron chi connectivity index (χ2n) is 10.3. The molecule has 0 bridgehead atoms. The van der Waals surface area contributed by atoms with Gasteiger partial charge in [0.1, 0.15) is 5.65 Å². The maximum Gasteiger partial charge on any atom is 0.120 e. The minimum Gasteiger partial charge on any atom is -0.508 e. The van der Waals surface area contributed by atoms with Crippen LogP contribution in [0.4, 0.5) is 11.4 Å². The third kappa shape index (κ3) is 7.39. The fourth-order valence-electron chi connectivity index (χ4n) is 4.95. The van der Waals surface area contributed by atoms with Crippen LogP contribution in [0.2, 0.25) is 0 Å². The Morgan fingerprint density at radius 1 is 0.705 bits per heavy atom. The molecule has 7 rings (SSSR count). The van der Waals surface area contributed by atoms with Crippen LogP contribution >= 0.6 is 0 Å². The molecule has 7 nitrogen and oxygen atoms in total. The SMILES string of the molecule is Cc1nc2c(-c3[c-]cccc3)nccn2c1C.[Ir].[c-]1ccccc1N1C=CN(CCCCN2C=CN(c3[c-]cccc3)[CH-]2)[CH-]1. The first-order chi connectivity index (χ1) is 21.2. The average Bonchev–Trinajstić information content (AvgIpc) is 3.81. The maximum atomic E-state index is 4.57. The van der Waals surface area contributed by atoms with Gasteiger partial charge in [0.2, 0.25) is 0 Å². The predicted octanol–water partition coefficient (Wildman–Crippen LogP) is 7.00. The summed E-state index contributed by atoms with van der Waals surface area (Å²) in [5.74, 6) is 0. The molecule has 0 spiro atoms. The van der Waals surface area contributed by atoms with E-state index in [-0.39, 0.29) is 20.1 Å². The molecule has 3 aromatic carbocycles. The van der Waals surface area contributed by atoms with Crippen LogP contribution in [0.15, 0.2) is 110 Å². The van der Waals surface area contributed by atoms with Crippen LogP contribution in [-0.2, 0) is 20.1 Å². The van der Waals surface area contributed by atoms with Gasteiger partial charge in [0.25, 0.3) is 0 Å². The van der Waals surface area contributed by atoms with E-state index in [0.717, 1.165) is 65.6 Å². The van der Waals surface area contributed by atoms with E-state index >= 15 is 0 Å². The number of benzene rings is 3. The molecule has 5 aromatic rings. The van der Waals surface area contributed by atoms with Crippen LogP contribution in [0.1, 0.15) is 24.2 Å². The second-order valence-corrected chi connectivity index (χ2v) is 10.3. The monoisotopic (exact) mass is 757 g/mol. The van der Waals surface area contributed by atoms with E-state index in [1.54, 1.807) is 6.20 Å². The van der Waals surface area contributed by atoms with Crippen LogP contribution in [-0.4, -0.2) is 37.3 Å². The molecule has 4 heterocycles. The summed E-state index contributed by atoms with van der Waals surface area (Å²) in [6.45, 7) is 10.4. The van der Waals surface area contributed by atoms with Crippen molar-refractivity contribution in [2.45, 2.75) is 26.7 Å². The molecule has 0 amide bonds. The van der Waals surface area contributed by atoms with Crippen LogP contribution in [0.5, 0.6) is 0 Å². The van der Waals surface area contributed by atoms with Crippen molar-refractivity contribution in [1.29, 1.82) is 0 Å². The summed E-state index contributed by atoms with van der Waals surface area (Å²) in [7, 11) is 0. The van der Waals surface area contributed by atoms with E-state index in [1.165, 1.54) is 0 Å². The quantitative estimate of drug-likeness (QED) is 0.126. The molecule has 44 heavy (non-hydrogen) atoms. The number of para-hydroxylation sites is 2. The smallest absolute Gasteiger partial charge is 0.120 e. The van der Waals surface area contributed by atoms with E-state index in [2.05, 4.69) is 109 Å². The zero-order valence-electron chi connectivity index (χ0n) is 24.8. The topological polar surface area (TPSA) is 43.2 Å². The molecular formula is C36H34IrN7-5. The van der Waals surface area contributed by atoms with Crippen molar-refractivity contribution in [2.75, 3.05) is 22.9 Å². The Bertz CT molecular complexity index is 1600. The number of aryl methyl sites for hydroxylation is 2. The summed E-state index contributed by atoms with van der Waals surface area (Å²) in [5, 5.41) is 0. The summed E-state index contributed by atoms with van der Waals surface area (Å²) < 4.78 is 2.07. The zero-order valence-corrected chi connectivity index (χ0v) is 27.2. The maximum absolute atomic E-state index is 4.57. The Morgan fingerprint density at radius 3 is 1.80 bits per heavy atom. The molecule has 0 atom stereocenters. The molecule has 8 heteroatoms. The number of unbranched alkanes of at least 4 members (excludes halogenated alkanes) is 1. The van der Waals surface area contributed by atoms with Crippen molar-refractivity contribution in [3.05, 3.63) is 153 Å². The summed E-state index contributed by atoms with van der Waals surface area (Å²) >= 11 is 0. The van der Waals surface area contributed by atoms with Crippen molar-refractivity contribution in [2.24, 2.45) is 0 Å². The predicted molar refractivity (Wildman–Crippen MR) is 172 cm³/mol. The summed E-state index contributed by atoms with van der Waals surface area (Å²) in [6, 6.07) is 33.6. The van der Waals surface area contributed by atoms with E-state index in [0.29, 0.717) is 0 Å². The number of aromatic nitrogens is 3. The van der Waals surface area contributed by atoms with E-state index in [9.17, 15) is 0 Å². The van der Waals surface area contributed by atoms with Crippen molar-refractivity contribution in [3.8, 4) is 11.3 Å². The molecular weight excluding hydrogens is 723 g/mol. The van der Waals surface area contributed by atoms with Crippen molar-refractivity contribution in [1.82, 2.24) is 24.2 Å². The number of hydrogen-bond donors (Lipinski definition) is 0. The summed E-state index contributed by atoms with van der Waals surface area (Å²) in [4.78, 5) is 17.7. The van der Waals surface area contributed by atoms with Gasteiger partial charge in [-0.1, -0.05) is 0 Å². The molecule has 1 radical (unpaired) electrons. The molecule has 0 unspecified atom stereocenters. The van der Waals surface area contributed by atoms with Crippen molar-refractivity contribution in [3.63, 3.8) is 0 Å². The number of hydrogen-bond acceptors (Lipinski definition) is 6. The first-order valence-electron chi connectivity index (χ1n) is 14.5. The first-order valence-corrected chi connectivity index (χ1v) is 14.5. The molecule has 0 N–H and O–H groups in total. The van der Waals surface area contributed by atoms with Gasteiger partial charge in [-0.2, -0.15) is 74.0 Å². The van der Waals surface area contributed by atoms with Crippen LogP contribution in [0.25, 0.3) is 16.9 Å². The Labute approximate surface area is 274 Å². The van der Waals surface area contributed by atoms with E-state index < -0.39 is 0 Å². The van der Waals surface area contributed by atoms with Gasteiger partial charge in [0.05, 0.1) is 5.69 Å². The molecule has 0 aliphatic carbocycles. The second kappa shape index (κ2) is 14.9. The fraction of sp³-hybridized carbons (Fsp3) is 0.167. The van der Waals surface area contributed by atoms with Crippen LogP contribution in [0.3, 0.4) is 0 Å². The van der Waals surface area contributed by atoms with Crippen LogP contribution < -0.4 is 9.80 Å². The average molecular weight is 757 g/mol. The number of imidazole rings is 1. The fourth-order valence-corrected chi connectivity index (χ4v) is 4.95. The van der Waals surface area contributed by atoms with Gasteiger partial charge < -0.3 is 24.0 Å².